The van der Waals surface area contributed by atoms with Crippen LogP contribution >= 0.6 is 0 Å². The SMILES string of the molecule is CC(C)(C)c1cc(NC(=O)CNc2ccccc2C(=O)NCc2ccco2)on1. The first-order valence-electron chi connectivity index (χ1n) is 9.23. The molecule has 3 aromatic rings. The second-order valence-corrected chi connectivity index (χ2v) is 7.54. The number of amides is 2. The van der Waals surface area contributed by atoms with E-state index in [4.69, 9.17) is 8.94 Å². The van der Waals surface area contributed by atoms with E-state index in [0.717, 1.165) is 5.69 Å². The van der Waals surface area contributed by atoms with E-state index in [9.17, 15) is 9.59 Å². The fourth-order valence-electron chi connectivity index (χ4n) is 2.56. The third-order valence-electron chi connectivity index (χ3n) is 4.16. The van der Waals surface area contributed by atoms with Gasteiger partial charge in [0.2, 0.25) is 11.8 Å². The molecule has 8 heteroatoms. The Kier molecular flexibility index (Phi) is 6.01. The van der Waals surface area contributed by atoms with Crippen molar-refractivity contribution in [2.24, 2.45) is 0 Å². The molecular formula is C21H24N4O4. The van der Waals surface area contributed by atoms with Crippen molar-refractivity contribution >= 4 is 23.4 Å². The second kappa shape index (κ2) is 8.64. The van der Waals surface area contributed by atoms with E-state index in [0.29, 0.717) is 17.0 Å². The van der Waals surface area contributed by atoms with Gasteiger partial charge in [-0.25, -0.2) is 0 Å². The predicted octanol–water partition coefficient (Wildman–Crippen LogP) is 3.55. The van der Waals surface area contributed by atoms with Gasteiger partial charge in [-0.3, -0.25) is 14.9 Å². The summed E-state index contributed by atoms with van der Waals surface area (Å²) < 4.78 is 10.4. The van der Waals surface area contributed by atoms with E-state index >= 15 is 0 Å². The molecule has 0 saturated heterocycles. The number of para-hydroxylation sites is 1. The number of rotatable bonds is 7. The Bertz CT molecular complexity index is 971. The van der Waals surface area contributed by atoms with Crippen molar-refractivity contribution in [2.75, 3.05) is 17.2 Å². The molecule has 152 valence electrons. The van der Waals surface area contributed by atoms with E-state index < -0.39 is 0 Å². The van der Waals surface area contributed by atoms with Crippen molar-refractivity contribution in [3.63, 3.8) is 0 Å². The van der Waals surface area contributed by atoms with Gasteiger partial charge in [0, 0.05) is 17.2 Å². The van der Waals surface area contributed by atoms with Crippen molar-refractivity contribution in [3.8, 4) is 0 Å². The van der Waals surface area contributed by atoms with Gasteiger partial charge in [0.1, 0.15) is 5.76 Å². The summed E-state index contributed by atoms with van der Waals surface area (Å²) in [6.07, 6.45) is 1.55. The first-order chi connectivity index (χ1) is 13.8. The summed E-state index contributed by atoms with van der Waals surface area (Å²) in [5, 5.41) is 12.4. The van der Waals surface area contributed by atoms with E-state index in [1.165, 1.54) is 0 Å². The number of anilines is 2. The summed E-state index contributed by atoms with van der Waals surface area (Å²) in [5.41, 5.74) is 1.56. The molecule has 2 heterocycles. The Morgan fingerprint density at radius 1 is 1.10 bits per heavy atom. The van der Waals surface area contributed by atoms with Gasteiger partial charge in [0.05, 0.1) is 30.6 Å². The maximum absolute atomic E-state index is 12.5. The Morgan fingerprint density at radius 3 is 2.59 bits per heavy atom. The largest absolute Gasteiger partial charge is 0.467 e. The van der Waals surface area contributed by atoms with Crippen LogP contribution in [-0.4, -0.2) is 23.5 Å². The number of hydrogen-bond donors (Lipinski definition) is 3. The minimum Gasteiger partial charge on any atom is -0.467 e. The Labute approximate surface area is 168 Å². The molecule has 0 bridgehead atoms. The number of aromatic nitrogens is 1. The Balaban J connectivity index is 1.57. The molecule has 0 radical (unpaired) electrons. The van der Waals surface area contributed by atoms with E-state index in [1.807, 2.05) is 20.8 Å². The van der Waals surface area contributed by atoms with Gasteiger partial charge < -0.3 is 19.6 Å². The molecule has 0 aliphatic rings. The maximum Gasteiger partial charge on any atom is 0.253 e. The van der Waals surface area contributed by atoms with Crippen LogP contribution in [0.3, 0.4) is 0 Å². The number of benzene rings is 1. The third kappa shape index (κ3) is 5.47. The first kappa shape index (κ1) is 20.2. The summed E-state index contributed by atoms with van der Waals surface area (Å²) in [4.78, 5) is 24.7. The minimum absolute atomic E-state index is 0.0337. The smallest absolute Gasteiger partial charge is 0.253 e. The average Bonchev–Trinajstić information content (AvgIpc) is 3.36. The Morgan fingerprint density at radius 2 is 1.90 bits per heavy atom. The molecular weight excluding hydrogens is 372 g/mol. The fraction of sp³-hybridized carbons (Fsp3) is 0.286. The molecule has 0 atom stereocenters. The van der Waals surface area contributed by atoms with Gasteiger partial charge in [-0.2, -0.15) is 0 Å². The van der Waals surface area contributed by atoms with E-state index in [-0.39, 0.29) is 36.2 Å². The topological polar surface area (TPSA) is 109 Å². The first-order valence-corrected chi connectivity index (χ1v) is 9.23. The van der Waals surface area contributed by atoms with Crippen LogP contribution in [0.2, 0.25) is 0 Å². The summed E-state index contributed by atoms with van der Waals surface area (Å²) in [6.45, 7) is 6.26. The van der Waals surface area contributed by atoms with Gasteiger partial charge >= 0.3 is 0 Å². The van der Waals surface area contributed by atoms with Gasteiger partial charge in [-0.1, -0.05) is 38.1 Å². The lowest BCUT2D eigenvalue weighted by Crippen LogP contribution is -2.26. The summed E-state index contributed by atoms with van der Waals surface area (Å²) in [7, 11) is 0. The highest BCUT2D eigenvalue weighted by atomic mass is 16.5. The van der Waals surface area contributed by atoms with Crippen molar-refractivity contribution in [1.29, 1.82) is 0 Å². The van der Waals surface area contributed by atoms with Crippen LogP contribution in [0.1, 0.15) is 42.6 Å². The molecule has 0 unspecified atom stereocenters. The van der Waals surface area contributed by atoms with Crippen LogP contribution in [0, 0.1) is 0 Å². The molecule has 0 fully saturated rings. The van der Waals surface area contributed by atoms with Crippen molar-refractivity contribution < 1.29 is 18.5 Å². The van der Waals surface area contributed by atoms with Crippen LogP contribution < -0.4 is 16.0 Å². The van der Waals surface area contributed by atoms with Gasteiger partial charge in [0.15, 0.2) is 0 Å². The summed E-state index contributed by atoms with van der Waals surface area (Å²) in [5.74, 6) is 0.360. The zero-order valence-electron chi connectivity index (χ0n) is 16.6. The highest BCUT2D eigenvalue weighted by Gasteiger charge is 2.20. The van der Waals surface area contributed by atoms with Gasteiger partial charge in [0.25, 0.3) is 5.91 Å². The fourth-order valence-corrected chi connectivity index (χ4v) is 2.56. The van der Waals surface area contributed by atoms with Crippen LogP contribution in [-0.2, 0) is 16.8 Å². The van der Waals surface area contributed by atoms with Crippen LogP contribution in [0.5, 0.6) is 0 Å². The summed E-state index contributed by atoms with van der Waals surface area (Å²) >= 11 is 0. The molecule has 8 nitrogen and oxygen atoms in total. The van der Waals surface area contributed by atoms with Crippen LogP contribution in [0.25, 0.3) is 0 Å². The minimum atomic E-state index is -0.313. The highest BCUT2D eigenvalue weighted by molar-refractivity contribution is 6.00. The molecule has 3 rings (SSSR count). The third-order valence-corrected chi connectivity index (χ3v) is 4.16. The molecule has 0 saturated carbocycles. The van der Waals surface area contributed by atoms with Crippen molar-refractivity contribution in [3.05, 3.63) is 65.7 Å². The van der Waals surface area contributed by atoms with E-state index in [2.05, 4.69) is 21.1 Å². The molecule has 29 heavy (non-hydrogen) atoms. The molecule has 1 aromatic carbocycles. The summed E-state index contributed by atoms with van der Waals surface area (Å²) in [6, 6.07) is 12.2. The molecule has 2 amide bonds. The average molecular weight is 396 g/mol. The zero-order chi connectivity index (χ0) is 20.9. The van der Waals surface area contributed by atoms with E-state index in [1.54, 1.807) is 48.7 Å². The van der Waals surface area contributed by atoms with Gasteiger partial charge in [-0.15, -0.1) is 0 Å². The molecule has 0 aliphatic carbocycles. The molecule has 3 N–H and O–H groups in total. The number of furan rings is 1. The molecule has 0 spiro atoms. The standard InChI is InChI=1S/C21H24N4O4/c1-21(2,3)17-11-19(29-25-17)24-18(26)13-22-16-9-5-4-8-15(16)20(27)23-12-14-7-6-10-28-14/h4-11,22H,12-13H2,1-3H3,(H,23,27)(H,24,26). The number of carbonyl (C=O) groups is 2. The van der Waals surface area contributed by atoms with Gasteiger partial charge in [-0.05, 0) is 24.3 Å². The Hall–Kier alpha value is -3.55. The van der Waals surface area contributed by atoms with Crippen molar-refractivity contribution in [2.45, 2.75) is 32.7 Å². The quantitative estimate of drug-likeness (QED) is 0.563. The lowest BCUT2D eigenvalue weighted by Gasteiger charge is -2.12. The van der Waals surface area contributed by atoms with Crippen molar-refractivity contribution in [1.82, 2.24) is 10.5 Å². The molecule has 0 aliphatic heterocycles. The van der Waals surface area contributed by atoms with Crippen LogP contribution in [0.4, 0.5) is 11.6 Å². The lowest BCUT2D eigenvalue weighted by molar-refractivity contribution is -0.114. The second-order valence-electron chi connectivity index (χ2n) is 7.54. The highest BCUT2D eigenvalue weighted by Crippen LogP contribution is 2.23. The predicted molar refractivity (Wildman–Crippen MR) is 109 cm³/mol. The number of hydrogen-bond acceptors (Lipinski definition) is 6. The normalized spacial score (nSPS) is 11.1. The van der Waals surface area contributed by atoms with Crippen LogP contribution in [0.15, 0.2) is 57.7 Å². The number of nitrogens with one attached hydrogen (secondary N) is 3. The zero-order valence-corrected chi connectivity index (χ0v) is 16.6. The number of nitrogens with zero attached hydrogens (tertiary/aromatic N) is 1. The monoisotopic (exact) mass is 396 g/mol. The number of carbonyl (C=O) groups excluding carboxylic acids is 2. The lowest BCUT2D eigenvalue weighted by atomic mass is 9.92. The molecule has 2 aromatic heterocycles. The maximum atomic E-state index is 12.5.